The highest BCUT2D eigenvalue weighted by atomic mass is 16.4. The van der Waals surface area contributed by atoms with Crippen LogP contribution in [0.5, 0.6) is 0 Å². The van der Waals surface area contributed by atoms with Crippen LogP contribution in [-0.2, 0) is 7.05 Å². The number of aromatic nitrogens is 2. The highest BCUT2D eigenvalue weighted by Gasteiger charge is 2.15. The van der Waals surface area contributed by atoms with Crippen molar-refractivity contribution in [2.75, 3.05) is 0 Å². The summed E-state index contributed by atoms with van der Waals surface area (Å²) in [5.41, 5.74) is 2.77. The minimum Gasteiger partial charge on any atom is -0.478 e. The molecule has 0 amide bonds. The first kappa shape index (κ1) is 13.0. The zero-order chi connectivity index (χ0) is 14.2. The molecule has 0 aliphatic rings. The van der Waals surface area contributed by atoms with Crippen LogP contribution in [0, 0.1) is 13.8 Å². The van der Waals surface area contributed by atoms with Gasteiger partial charge in [0, 0.05) is 41.8 Å². The molecule has 0 spiro atoms. The van der Waals surface area contributed by atoms with Crippen LogP contribution in [0.1, 0.15) is 21.7 Å². The Morgan fingerprint density at radius 3 is 2.58 bits per heavy atom. The summed E-state index contributed by atoms with van der Waals surface area (Å²) in [6, 6.07) is 4.80. The Balaban J connectivity index is 2.78. The lowest BCUT2D eigenvalue weighted by atomic mass is 9.99. The van der Waals surface area contributed by atoms with E-state index in [1.54, 1.807) is 33.0 Å². The fraction of sp³-hybridized carbons (Fsp3) is 0.214. The topological polar surface area (TPSA) is 72.2 Å². The summed E-state index contributed by atoms with van der Waals surface area (Å²) in [5.74, 6) is -1.03. The van der Waals surface area contributed by atoms with Crippen LogP contribution >= 0.6 is 0 Å². The minimum atomic E-state index is -1.03. The smallest absolute Gasteiger partial charge is 0.337 e. The van der Waals surface area contributed by atoms with Gasteiger partial charge >= 0.3 is 5.97 Å². The van der Waals surface area contributed by atoms with E-state index in [0.717, 1.165) is 17.0 Å². The van der Waals surface area contributed by atoms with Crippen LogP contribution in [0.2, 0.25) is 0 Å². The van der Waals surface area contributed by atoms with E-state index in [4.69, 9.17) is 0 Å². The van der Waals surface area contributed by atoms with Gasteiger partial charge in [-0.25, -0.2) is 4.79 Å². The molecule has 0 aliphatic carbocycles. The SMILES string of the molecule is Cc1cc(-c2ccc(=O)n(C)c2C)c(C(=O)O)cn1. The van der Waals surface area contributed by atoms with Crippen LogP contribution in [0.25, 0.3) is 11.1 Å². The average molecular weight is 258 g/mol. The Morgan fingerprint density at radius 1 is 1.26 bits per heavy atom. The van der Waals surface area contributed by atoms with Crippen LogP contribution in [0.15, 0.2) is 29.2 Å². The predicted molar refractivity (Wildman–Crippen MR) is 71.3 cm³/mol. The second-order valence-corrected chi connectivity index (χ2v) is 4.41. The molecular weight excluding hydrogens is 244 g/mol. The standard InChI is InChI=1S/C14H14N2O3/c1-8-6-11(12(7-15-8)14(18)19)10-4-5-13(17)16(3)9(10)2/h4-7H,1-3H3,(H,18,19). The lowest BCUT2D eigenvalue weighted by Gasteiger charge is -2.12. The lowest BCUT2D eigenvalue weighted by molar-refractivity contribution is 0.0697. The van der Waals surface area contributed by atoms with Gasteiger partial charge in [0.25, 0.3) is 0 Å². The van der Waals surface area contributed by atoms with E-state index in [1.807, 2.05) is 0 Å². The fourth-order valence-electron chi connectivity index (χ4n) is 1.97. The molecule has 0 saturated carbocycles. The Hall–Kier alpha value is -2.43. The second kappa shape index (κ2) is 4.68. The zero-order valence-electron chi connectivity index (χ0n) is 11.0. The van der Waals surface area contributed by atoms with Crippen molar-refractivity contribution in [2.24, 2.45) is 7.05 Å². The van der Waals surface area contributed by atoms with Crippen molar-refractivity contribution in [1.82, 2.24) is 9.55 Å². The maximum atomic E-state index is 11.5. The van der Waals surface area contributed by atoms with Crippen LogP contribution in [-0.4, -0.2) is 20.6 Å². The normalized spacial score (nSPS) is 10.5. The maximum Gasteiger partial charge on any atom is 0.337 e. The Bertz CT molecular complexity index is 717. The van der Waals surface area contributed by atoms with Gasteiger partial charge in [-0.15, -0.1) is 0 Å². The minimum absolute atomic E-state index is 0.121. The van der Waals surface area contributed by atoms with Crippen molar-refractivity contribution in [3.8, 4) is 11.1 Å². The summed E-state index contributed by atoms with van der Waals surface area (Å²) in [5, 5.41) is 9.22. The second-order valence-electron chi connectivity index (χ2n) is 4.41. The monoisotopic (exact) mass is 258 g/mol. The van der Waals surface area contributed by atoms with Gasteiger partial charge in [-0.3, -0.25) is 9.78 Å². The van der Waals surface area contributed by atoms with Gasteiger partial charge in [-0.1, -0.05) is 0 Å². The van der Waals surface area contributed by atoms with E-state index in [0.29, 0.717) is 5.56 Å². The molecule has 1 N–H and O–H groups in total. The lowest BCUT2D eigenvalue weighted by Crippen LogP contribution is -2.18. The summed E-state index contributed by atoms with van der Waals surface area (Å²) in [7, 11) is 1.66. The summed E-state index contributed by atoms with van der Waals surface area (Å²) >= 11 is 0. The molecule has 0 unspecified atom stereocenters. The molecule has 19 heavy (non-hydrogen) atoms. The highest BCUT2D eigenvalue weighted by Crippen LogP contribution is 2.26. The number of aryl methyl sites for hydroxylation is 1. The number of nitrogens with zero attached hydrogens (tertiary/aromatic N) is 2. The molecule has 5 nitrogen and oxygen atoms in total. The number of aromatic carboxylic acids is 1. The third kappa shape index (κ3) is 2.27. The molecule has 2 rings (SSSR count). The molecule has 0 saturated heterocycles. The number of pyridine rings is 2. The van der Waals surface area contributed by atoms with Gasteiger partial charge in [0.05, 0.1) is 5.56 Å². The fourth-order valence-corrected chi connectivity index (χ4v) is 1.97. The molecule has 5 heteroatoms. The third-order valence-electron chi connectivity index (χ3n) is 3.18. The van der Waals surface area contributed by atoms with Crippen LogP contribution in [0.3, 0.4) is 0 Å². The molecular formula is C14H14N2O3. The summed E-state index contributed by atoms with van der Waals surface area (Å²) in [6.07, 6.45) is 1.34. The molecule has 2 aromatic rings. The summed E-state index contributed by atoms with van der Waals surface area (Å²) in [4.78, 5) is 26.8. The predicted octanol–water partition coefficient (Wildman–Crippen LogP) is 1.76. The number of carboxylic acids is 1. The van der Waals surface area contributed by atoms with E-state index in [-0.39, 0.29) is 11.1 Å². The van der Waals surface area contributed by atoms with Crippen molar-refractivity contribution in [3.05, 3.63) is 51.7 Å². The maximum absolute atomic E-state index is 11.5. The van der Waals surface area contributed by atoms with E-state index < -0.39 is 5.97 Å². The number of carbonyl (C=O) groups is 1. The van der Waals surface area contributed by atoms with E-state index >= 15 is 0 Å². The van der Waals surface area contributed by atoms with Crippen molar-refractivity contribution < 1.29 is 9.90 Å². The largest absolute Gasteiger partial charge is 0.478 e. The molecule has 2 heterocycles. The molecule has 2 aromatic heterocycles. The summed E-state index contributed by atoms with van der Waals surface area (Å²) in [6.45, 7) is 3.59. The number of rotatable bonds is 2. The van der Waals surface area contributed by atoms with Gasteiger partial charge in [0.1, 0.15) is 0 Å². The molecule has 0 aromatic carbocycles. The van der Waals surface area contributed by atoms with Crippen molar-refractivity contribution in [1.29, 1.82) is 0 Å². The first-order valence-corrected chi connectivity index (χ1v) is 5.78. The number of hydrogen-bond acceptors (Lipinski definition) is 3. The Kier molecular flexibility index (Phi) is 3.21. The van der Waals surface area contributed by atoms with Gasteiger partial charge < -0.3 is 9.67 Å². The van der Waals surface area contributed by atoms with Crippen molar-refractivity contribution in [2.45, 2.75) is 13.8 Å². The van der Waals surface area contributed by atoms with Gasteiger partial charge in [-0.05, 0) is 26.0 Å². The first-order valence-electron chi connectivity index (χ1n) is 5.78. The average Bonchev–Trinajstić information content (AvgIpc) is 2.35. The third-order valence-corrected chi connectivity index (χ3v) is 3.18. The van der Waals surface area contributed by atoms with E-state index in [1.165, 1.54) is 16.8 Å². The van der Waals surface area contributed by atoms with Gasteiger partial charge in [0.15, 0.2) is 0 Å². The molecule has 0 fully saturated rings. The first-order chi connectivity index (χ1) is 8.91. The van der Waals surface area contributed by atoms with Crippen molar-refractivity contribution in [3.63, 3.8) is 0 Å². The summed E-state index contributed by atoms with van der Waals surface area (Å²) < 4.78 is 1.50. The molecule has 0 bridgehead atoms. The quantitative estimate of drug-likeness (QED) is 0.890. The van der Waals surface area contributed by atoms with Crippen LogP contribution < -0.4 is 5.56 Å². The number of carboxylic acid groups (broad SMARTS) is 1. The van der Waals surface area contributed by atoms with Crippen LogP contribution in [0.4, 0.5) is 0 Å². The van der Waals surface area contributed by atoms with E-state index in [2.05, 4.69) is 4.98 Å². The molecule has 0 aliphatic heterocycles. The Morgan fingerprint density at radius 2 is 1.95 bits per heavy atom. The zero-order valence-corrected chi connectivity index (χ0v) is 11.0. The Labute approximate surface area is 110 Å². The highest BCUT2D eigenvalue weighted by molar-refractivity contribution is 5.96. The molecule has 0 atom stereocenters. The van der Waals surface area contributed by atoms with Gasteiger partial charge in [0.2, 0.25) is 5.56 Å². The van der Waals surface area contributed by atoms with Gasteiger partial charge in [-0.2, -0.15) is 0 Å². The molecule has 0 radical (unpaired) electrons. The number of hydrogen-bond donors (Lipinski definition) is 1. The molecule has 98 valence electrons. The van der Waals surface area contributed by atoms with E-state index in [9.17, 15) is 14.7 Å². The van der Waals surface area contributed by atoms with Crippen molar-refractivity contribution >= 4 is 5.97 Å².